The highest BCUT2D eigenvalue weighted by Gasteiger charge is 2.18. The number of benzene rings is 1. The van der Waals surface area contributed by atoms with Gasteiger partial charge in [-0.3, -0.25) is 0 Å². The van der Waals surface area contributed by atoms with Crippen molar-refractivity contribution in [3.8, 4) is 17.2 Å². The summed E-state index contributed by atoms with van der Waals surface area (Å²) in [4.78, 5) is 0. The SMILES string of the molecule is CCC(C)(O)CCOc1c(OC)cccc1OC. The normalized spacial score (nSPS) is 13.8. The molecule has 0 saturated carbocycles. The Morgan fingerprint density at radius 2 is 1.72 bits per heavy atom. The fourth-order valence-corrected chi connectivity index (χ4v) is 1.51. The van der Waals surface area contributed by atoms with Gasteiger partial charge >= 0.3 is 0 Å². The van der Waals surface area contributed by atoms with Crippen molar-refractivity contribution in [2.24, 2.45) is 0 Å². The van der Waals surface area contributed by atoms with Crippen LogP contribution < -0.4 is 14.2 Å². The Morgan fingerprint density at radius 3 is 2.17 bits per heavy atom. The molecule has 4 nitrogen and oxygen atoms in total. The Hall–Kier alpha value is -1.42. The zero-order valence-corrected chi connectivity index (χ0v) is 11.5. The average Bonchev–Trinajstić information content (AvgIpc) is 2.38. The summed E-state index contributed by atoms with van der Waals surface area (Å²) in [6.07, 6.45) is 1.25. The lowest BCUT2D eigenvalue weighted by molar-refractivity contribution is 0.0327. The predicted molar refractivity (Wildman–Crippen MR) is 70.6 cm³/mol. The lowest BCUT2D eigenvalue weighted by atomic mass is 10.0. The van der Waals surface area contributed by atoms with Crippen LogP contribution in [-0.4, -0.2) is 31.5 Å². The van der Waals surface area contributed by atoms with Crippen LogP contribution in [0.25, 0.3) is 0 Å². The molecule has 0 amide bonds. The lowest BCUT2D eigenvalue weighted by Gasteiger charge is -2.22. The van der Waals surface area contributed by atoms with E-state index in [0.717, 1.165) is 0 Å². The summed E-state index contributed by atoms with van der Waals surface area (Å²) in [6, 6.07) is 5.47. The van der Waals surface area contributed by atoms with Crippen molar-refractivity contribution in [1.29, 1.82) is 0 Å². The summed E-state index contributed by atoms with van der Waals surface area (Å²) in [5.41, 5.74) is -0.699. The minimum absolute atomic E-state index is 0.414. The van der Waals surface area contributed by atoms with Crippen molar-refractivity contribution >= 4 is 0 Å². The van der Waals surface area contributed by atoms with Gasteiger partial charge in [-0.05, 0) is 25.5 Å². The van der Waals surface area contributed by atoms with E-state index in [9.17, 15) is 5.11 Å². The number of ether oxygens (including phenoxy) is 3. The van der Waals surface area contributed by atoms with E-state index in [0.29, 0.717) is 36.7 Å². The summed E-state index contributed by atoms with van der Waals surface area (Å²) in [5.74, 6) is 1.84. The van der Waals surface area contributed by atoms with Gasteiger partial charge in [0.2, 0.25) is 5.75 Å². The molecule has 0 aliphatic rings. The summed E-state index contributed by atoms with van der Waals surface area (Å²) < 4.78 is 16.1. The number of methoxy groups -OCH3 is 2. The molecule has 0 fully saturated rings. The quantitative estimate of drug-likeness (QED) is 0.812. The van der Waals surface area contributed by atoms with Crippen LogP contribution in [0.3, 0.4) is 0 Å². The van der Waals surface area contributed by atoms with E-state index in [1.807, 2.05) is 25.1 Å². The van der Waals surface area contributed by atoms with E-state index < -0.39 is 5.60 Å². The number of hydrogen-bond donors (Lipinski definition) is 1. The van der Waals surface area contributed by atoms with Crippen molar-refractivity contribution in [3.63, 3.8) is 0 Å². The molecule has 0 heterocycles. The van der Waals surface area contributed by atoms with Crippen molar-refractivity contribution < 1.29 is 19.3 Å². The van der Waals surface area contributed by atoms with E-state index >= 15 is 0 Å². The largest absolute Gasteiger partial charge is 0.493 e. The minimum Gasteiger partial charge on any atom is -0.493 e. The van der Waals surface area contributed by atoms with Crippen molar-refractivity contribution in [2.45, 2.75) is 32.3 Å². The molecular formula is C14H22O4. The van der Waals surface area contributed by atoms with Gasteiger partial charge in [0.15, 0.2) is 11.5 Å². The highest BCUT2D eigenvalue weighted by molar-refractivity contribution is 5.51. The molecule has 0 spiro atoms. The first-order valence-electron chi connectivity index (χ1n) is 6.10. The first-order valence-corrected chi connectivity index (χ1v) is 6.10. The van der Waals surface area contributed by atoms with Gasteiger partial charge in [-0.1, -0.05) is 13.0 Å². The number of aliphatic hydroxyl groups is 1. The molecule has 1 unspecified atom stereocenters. The Kier molecular flexibility index (Phi) is 5.28. The Balaban J connectivity index is 2.71. The molecule has 0 bridgehead atoms. The van der Waals surface area contributed by atoms with Gasteiger partial charge in [-0.25, -0.2) is 0 Å². The van der Waals surface area contributed by atoms with Crippen LogP contribution >= 0.6 is 0 Å². The smallest absolute Gasteiger partial charge is 0.203 e. The maximum Gasteiger partial charge on any atom is 0.203 e. The molecule has 18 heavy (non-hydrogen) atoms. The minimum atomic E-state index is -0.699. The third kappa shape index (κ3) is 3.81. The Bertz CT molecular complexity index is 352. The van der Waals surface area contributed by atoms with Gasteiger partial charge in [0.25, 0.3) is 0 Å². The summed E-state index contributed by atoms with van der Waals surface area (Å²) in [6.45, 7) is 4.16. The van der Waals surface area contributed by atoms with Gasteiger partial charge in [-0.15, -0.1) is 0 Å². The molecule has 0 aliphatic heterocycles. The van der Waals surface area contributed by atoms with Gasteiger partial charge < -0.3 is 19.3 Å². The van der Waals surface area contributed by atoms with Gasteiger partial charge in [0, 0.05) is 6.42 Å². The van der Waals surface area contributed by atoms with Crippen LogP contribution in [0.4, 0.5) is 0 Å². The first-order chi connectivity index (χ1) is 8.54. The monoisotopic (exact) mass is 254 g/mol. The molecule has 4 heteroatoms. The van der Waals surface area contributed by atoms with Crippen molar-refractivity contribution in [1.82, 2.24) is 0 Å². The van der Waals surface area contributed by atoms with Crippen molar-refractivity contribution in [2.75, 3.05) is 20.8 Å². The maximum atomic E-state index is 9.91. The zero-order valence-electron chi connectivity index (χ0n) is 11.5. The number of hydrogen-bond acceptors (Lipinski definition) is 4. The van der Waals surface area contributed by atoms with Gasteiger partial charge in [-0.2, -0.15) is 0 Å². The molecule has 0 aromatic heterocycles. The first kappa shape index (κ1) is 14.6. The molecule has 1 aromatic carbocycles. The molecule has 1 atom stereocenters. The molecule has 1 rings (SSSR count). The third-order valence-corrected chi connectivity index (χ3v) is 3.03. The van der Waals surface area contributed by atoms with Crippen LogP contribution in [0.5, 0.6) is 17.2 Å². The Labute approximate surface area is 108 Å². The summed E-state index contributed by atoms with van der Waals surface area (Å²) >= 11 is 0. The number of para-hydroxylation sites is 1. The fraction of sp³-hybridized carbons (Fsp3) is 0.571. The topological polar surface area (TPSA) is 47.9 Å². The Morgan fingerprint density at radius 1 is 1.17 bits per heavy atom. The molecule has 1 aromatic rings. The van der Waals surface area contributed by atoms with Gasteiger partial charge in [0.1, 0.15) is 0 Å². The van der Waals surface area contributed by atoms with E-state index in [4.69, 9.17) is 14.2 Å². The summed E-state index contributed by atoms with van der Waals surface area (Å²) in [7, 11) is 3.17. The molecule has 1 N–H and O–H groups in total. The fourth-order valence-electron chi connectivity index (χ4n) is 1.51. The van der Waals surface area contributed by atoms with Crippen LogP contribution in [0.1, 0.15) is 26.7 Å². The number of rotatable bonds is 7. The van der Waals surface area contributed by atoms with Crippen LogP contribution in [0, 0.1) is 0 Å². The van der Waals surface area contributed by atoms with E-state index in [-0.39, 0.29) is 0 Å². The van der Waals surface area contributed by atoms with E-state index in [1.54, 1.807) is 21.1 Å². The van der Waals surface area contributed by atoms with Gasteiger partial charge in [0.05, 0.1) is 26.4 Å². The van der Waals surface area contributed by atoms with E-state index in [2.05, 4.69) is 0 Å². The average molecular weight is 254 g/mol. The third-order valence-electron chi connectivity index (χ3n) is 3.03. The molecular weight excluding hydrogens is 232 g/mol. The molecule has 0 aliphatic carbocycles. The maximum absolute atomic E-state index is 9.91. The van der Waals surface area contributed by atoms with Crippen molar-refractivity contribution in [3.05, 3.63) is 18.2 Å². The zero-order chi connectivity index (χ0) is 13.6. The van der Waals surface area contributed by atoms with E-state index in [1.165, 1.54) is 0 Å². The predicted octanol–water partition coefficient (Wildman–Crippen LogP) is 2.63. The molecule has 102 valence electrons. The second kappa shape index (κ2) is 6.50. The highest BCUT2D eigenvalue weighted by atomic mass is 16.5. The van der Waals surface area contributed by atoms with Crippen LogP contribution in [0.15, 0.2) is 18.2 Å². The van der Waals surface area contributed by atoms with Crippen LogP contribution in [-0.2, 0) is 0 Å². The lowest BCUT2D eigenvalue weighted by Crippen LogP contribution is -2.25. The second-order valence-corrected chi connectivity index (χ2v) is 4.44. The second-order valence-electron chi connectivity index (χ2n) is 4.44. The highest BCUT2D eigenvalue weighted by Crippen LogP contribution is 2.37. The molecule has 0 saturated heterocycles. The standard InChI is InChI=1S/C14H22O4/c1-5-14(2,15)9-10-18-13-11(16-3)7-6-8-12(13)17-4/h6-8,15H,5,9-10H2,1-4H3. The summed E-state index contributed by atoms with van der Waals surface area (Å²) in [5, 5.41) is 9.91. The van der Waals surface area contributed by atoms with Crippen LogP contribution in [0.2, 0.25) is 0 Å². The molecule has 0 radical (unpaired) electrons.